The fourth-order valence-corrected chi connectivity index (χ4v) is 6.21. The molecule has 8 rings (SSSR count). The summed E-state index contributed by atoms with van der Waals surface area (Å²) < 4.78 is 12.1. The van der Waals surface area contributed by atoms with Gasteiger partial charge in [-0.15, -0.1) is 0 Å². The lowest BCUT2D eigenvalue weighted by Crippen LogP contribution is -2.33. The number of benzene rings is 4. The zero-order valence-corrected chi connectivity index (χ0v) is 22.9. The molecule has 3 aliphatic rings. The number of nitrogens with one attached hydrogen (secondary N) is 1. The fraction of sp³-hybridized carbons (Fsp3) is 0.0303. The quantitative estimate of drug-likeness (QED) is 0.141. The fourth-order valence-electron chi connectivity index (χ4n) is 5.91. The van der Waals surface area contributed by atoms with Crippen LogP contribution >= 0.6 is 12.2 Å². The van der Waals surface area contributed by atoms with Gasteiger partial charge in [0.25, 0.3) is 5.91 Å². The Morgan fingerprint density at radius 3 is 2.28 bits per heavy atom. The SMILES string of the molecule is O=C1OC2(c3ccc(O)cc3Oc3cc(O)ccc32)c2ccc(N3C(=O)/C(=C/c4ccc5ccccc5n4)NC3=S)cc21. The van der Waals surface area contributed by atoms with Crippen molar-refractivity contribution in [3.63, 3.8) is 0 Å². The molecule has 1 amide bonds. The summed E-state index contributed by atoms with van der Waals surface area (Å²) in [5.74, 6) is -0.519. The minimum Gasteiger partial charge on any atom is -0.508 e. The van der Waals surface area contributed by atoms with Crippen LogP contribution in [0.2, 0.25) is 0 Å². The third-order valence-electron chi connectivity index (χ3n) is 7.81. The molecule has 4 heterocycles. The van der Waals surface area contributed by atoms with Crippen molar-refractivity contribution in [3.8, 4) is 23.0 Å². The predicted octanol–water partition coefficient (Wildman–Crippen LogP) is 5.48. The lowest BCUT2D eigenvalue weighted by atomic mass is 9.77. The lowest BCUT2D eigenvalue weighted by molar-refractivity contribution is -0.113. The van der Waals surface area contributed by atoms with Crippen LogP contribution in [-0.2, 0) is 15.1 Å². The second-order valence-electron chi connectivity index (χ2n) is 10.3. The molecule has 10 heteroatoms. The Hall–Kier alpha value is -5.74. The van der Waals surface area contributed by atoms with Gasteiger partial charge in [0.2, 0.25) is 0 Å². The number of anilines is 1. The first kappa shape index (κ1) is 25.0. The number of carbonyl (C=O) groups is 2. The summed E-state index contributed by atoms with van der Waals surface area (Å²) in [4.78, 5) is 33.0. The van der Waals surface area contributed by atoms with E-state index in [0.29, 0.717) is 28.1 Å². The number of pyridine rings is 1. The van der Waals surface area contributed by atoms with E-state index in [1.165, 1.54) is 29.2 Å². The molecule has 0 aliphatic carbocycles. The van der Waals surface area contributed by atoms with Gasteiger partial charge in [0.05, 0.1) is 22.5 Å². The van der Waals surface area contributed by atoms with Gasteiger partial charge < -0.3 is 25.0 Å². The van der Waals surface area contributed by atoms with Gasteiger partial charge in [0.15, 0.2) is 10.7 Å². The van der Waals surface area contributed by atoms with Crippen LogP contribution in [0, 0.1) is 0 Å². The first-order valence-electron chi connectivity index (χ1n) is 13.3. The van der Waals surface area contributed by atoms with Crippen LogP contribution in [0.3, 0.4) is 0 Å². The van der Waals surface area contributed by atoms with E-state index in [2.05, 4.69) is 10.3 Å². The average molecular weight is 586 g/mol. The Kier molecular flexibility index (Phi) is 5.16. The summed E-state index contributed by atoms with van der Waals surface area (Å²) >= 11 is 5.53. The van der Waals surface area contributed by atoms with Crippen molar-refractivity contribution in [2.24, 2.45) is 0 Å². The molecule has 1 spiro atoms. The Morgan fingerprint density at radius 2 is 1.53 bits per heavy atom. The number of amides is 1. The highest BCUT2D eigenvalue weighted by Crippen LogP contribution is 2.57. The van der Waals surface area contributed by atoms with E-state index < -0.39 is 17.5 Å². The molecule has 1 fully saturated rings. The van der Waals surface area contributed by atoms with Gasteiger partial charge in [-0.25, -0.2) is 9.78 Å². The van der Waals surface area contributed by atoms with Crippen LogP contribution in [-0.4, -0.2) is 32.2 Å². The number of aromatic hydroxyl groups is 2. The number of nitrogens with zero attached hydrogens (tertiary/aromatic N) is 2. The zero-order valence-electron chi connectivity index (χ0n) is 22.1. The van der Waals surface area contributed by atoms with Crippen molar-refractivity contribution in [2.75, 3.05) is 4.90 Å². The van der Waals surface area contributed by atoms with Crippen LogP contribution in [0.5, 0.6) is 23.0 Å². The van der Waals surface area contributed by atoms with Gasteiger partial charge in [-0.1, -0.05) is 30.3 Å². The molecule has 0 unspecified atom stereocenters. The number of hydrogen-bond donors (Lipinski definition) is 3. The van der Waals surface area contributed by atoms with E-state index in [1.807, 2.05) is 36.4 Å². The van der Waals surface area contributed by atoms with Crippen molar-refractivity contribution in [1.82, 2.24) is 10.3 Å². The van der Waals surface area contributed by atoms with E-state index >= 15 is 0 Å². The number of rotatable bonds is 2. The van der Waals surface area contributed by atoms with Crippen molar-refractivity contribution in [2.45, 2.75) is 5.60 Å². The van der Waals surface area contributed by atoms with Gasteiger partial charge in [-0.2, -0.15) is 0 Å². The number of phenols is 2. The second-order valence-corrected chi connectivity index (χ2v) is 10.7. The molecule has 4 aromatic carbocycles. The third kappa shape index (κ3) is 3.63. The Morgan fingerprint density at radius 1 is 0.837 bits per heavy atom. The van der Waals surface area contributed by atoms with E-state index in [4.69, 9.17) is 21.7 Å². The van der Waals surface area contributed by atoms with Crippen LogP contribution in [0.4, 0.5) is 5.69 Å². The number of aromatic nitrogens is 1. The topological polar surface area (TPSA) is 121 Å². The van der Waals surface area contributed by atoms with Gasteiger partial charge in [0.1, 0.15) is 28.7 Å². The number of thiocarbonyl (C=S) groups is 1. The predicted molar refractivity (Wildman–Crippen MR) is 161 cm³/mol. The van der Waals surface area contributed by atoms with Gasteiger partial charge in [0, 0.05) is 34.2 Å². The molecule has 43 heavy (non-hydrogen) atoms. The van der Waals surface area contributed by atoms with Gasteiger partial charge in [-0.05, 0) is 66.8 Å². The molecule has 5 aromatic rings. The van der Waals surface area contributed by atoms with E-state index in [-0.39, 0.29) is 39.4 Å². The number of esters is 1. The maximum atomic E-state index is 13.6. The molecule has 3 N–H and O–H groups in total. The zero-order chi connectivity index (χ0) is 29.5. The average Bonchev–Trinajstić information content (AvgIpc) is 3.44. The van der Waals surface area contributed by atoms with Gasteiger partial charge >= 0.3 is 5.97 Å². The highest BCUT2D eigenvalue weighted by Gasteiger charge is 2.54. The largest absolute Gasteiger partial charge is 0.508 e. The highest BCUT2D eigenvalue weighted by atomic mass is 32.1. The summed E-state index contributed by atoms with van der Waals surface area (Å²) in [5, 5.41) is 24.4. The number of para-hydroxylation sites is 1. The van der Waals surface area contributed by atoms with Crippen molar-refractivity contribution in [1.29, 1.82) is 0 Å². The summed E-state index contributed by atoms with van der Waals surface area (Å²) in [6, 6.07) is 25.5. The van der Waals surface area contributed by atoms with Crippen LogP contribution in [0.15, 0.2) is 96.7 Å². The number of carbonyl (C=O) groups excluding carboxylic acids is 2. The third-order valence-corrected chi connectivity index (χ3v) is 8.09. The van der Waals surface area contributed by atoms with Crippen molar-refractivity contribution >= 4 is 51.9 Å². The number of ether oxygens (including phenoxy) is 2. The Bertz CT molecular complexity index is 2070. The summed E-state index contributed by atoms with van der Waals surface area (Å²) in [7, 11) is 0. The molecule has 3 aliphatic heterocycles. The second kappa shape index (κ2) is 8.88. The number of hydrogen-bond acceptors (Lipinski definition) is 8. The summed E-state index contributed by atoms with van der Waals surface area (Å²) in [6.45, 7) is 0. The van der Waals surface area contributed by atoms with Crippen LogP contribution < -0.4 is 15.0 Å². The number of fused-ring (bicyclic) bond motifs is 7. The molecule has 0 radical (unpaired) electrons. The minimum atomic E-state index is -1.41. The maximum Gasteiger partial charge on any atom is 0.340 e. The lowest BCUT2D eigenvalue weighted by Gasteiger charge is -2.36. The first-order chi connectivity index (χ1) is 20.8. The molecule has 208 valence electrons. The molecule has 0 bridgehead atoms. The van der Waals surface area contributed by atoms with E-state index in [1.54, 1.807) is 36.4 Å². The summed E-state index contributed by atoms with van der Waals surface area (Å²) in [5.41, 5.74) is 2.38. The van der Waals surface area contributed by atoms with Crippen LogP contribution in [0.25, 0.3) is 17.0 Å². The Balaban J connectivity index is 1.21. The molecule has 0 saturated carbocycles. The smallest absolute Gasteiger partial charge is 0.340 e. The molecular formula is C33H19N3O6S. The number of phenolic OH excluding ortho intramolecular Hbond substituents is 2. The van der Waals surface area contributed by atoms with Crippen molar-refractivity contribution < 1.29 is 29.3 Å². The summed E-state index contributed by atoms with van der Waals surface area (Å²) in [6.07, 6.45) is 1.64. The molecule has 1 saturated heterocycles. The van der Waals surface area contributed by atoms with Crippen molar-refractivity contribution in [3.05, 3.63) is 125 Å². The highest BCUT2D eigenvalue weighted by molar-refractivity contribution is 7.80. The molecule has 9 nitrogen and oxygen atoms in total. The molecular weight excluding hydrogens is 566 g/mol. The normalized spacial score (nSPS) is 17.0. The van der Waals surface area contributed by atoms with Crippen LogP contribution in [0.1, 0.15) is 32.7 Å². The first-order valence-corrected chi connectivity index (χ1v) is 13.7. The van der Waals surface area contributed by atoms with Gasteiger partial charge in [-0.3, -0.25) is 9.69 Å². The molecule has 1 aromatic heterocycles. The van der Waals surface area contributed by atoms with E-state index in [9.17, 15) is 19.8 Å². The standard InChI is InChI=1S/C33H19N3O6S/c37-20-8-11-24-28(15-20)41-29-16-21(38)9-12-25(29)33(24)23-10-7-19(14-22(23)31(40)42-33)36-30(39)27(35-32(36)43)13-18-6-5-17-3-1-2-4-26(17)34-18/h1-16,37-38H,(H,35,43)/b27-13-. The van der Waals surface area contributed by atoms with E-state index in [0.717, 1.165) is 10.9 Å². The Labute approximate surface area is 249 Å². The maximum absolute atomic E-state index is 13.6. The monoisotopic (exact) mass is 585 g/mol. The molecule has 0 atom stereocenters. The minimum absolute atomic E-state index is 0.0336.